The summed E-state index contributed by atoms with van der Waals surface area (Å²) in [7, 11) is 0. The van der Waals surface area contributed by atoms with E-state index in [1.54, 1.807) is 12.1 Å². The number of aryl methyl sites for hydroxylation is 1. The molecule has 6 nitrogen and oxygen atoms in total. The second-order valence-corrected chi connectivity index (χ2v) is 10.4. The summed E-state index contributed by atoms with van der Waals surface area (Å²) >= 11 is 1.92. The average Bonchev–Trinajstić information content (AvgIpc) is 3.38. The van der Waals surface area contributed by atoms with E-state index < -0.39 is 0 Å². The number of rotatable bonds is 12. The van der Waals surface area contributed by atoms with Crippen molar-refractivity contribution in [2.45, 2.75) is 70.6 Å². The molecule has 3 aromatic rings. The molecular weight excluding hydrogens is 470 g/mol. The van der Waals surface area contributed by atoms with Crippen LogP contribution in [0.25, 0.3) is 11.3 Å². The number of aromatic nitrogens is 1. The summed E-state index contributed by atoms with van der Waals surface area (Å²) in [5.41, 5.74) is 8.59. The van der Waals surface area contributed by atoms with Gasteiger partial charge in [-0.3, -0.25) is 0 Å². The van der Waals surface area contributed by atoms with Gasteiger partial charge in [0.15, 0.2) is 5.84 Å². The minimum atomic E-state index is 0.0915. The maximum atomic E-state index is 8.71. The van der Waals surface area contributed by atoms with Gasteiger partial charge < -0.3 is 20.4 Å². The van der Waals surface area contributed by atoms with E-state index in [-0.39, 0.29) is 5.84 Å². The highest BCUT2D eigenvalue weighted by Crippen LogP contribution is 2.39. The van der Waals surface area contributed by atoms with Crippen LogP contribution in [-0.2, 0) is 6.42 Å². The predicted octanol–water partition coefficient (Wildman–Crippen LogP) is 7.14. The summed E-state index contributed by atoms with van der Waals surface area (Å²) in [5.74, 6) is 2.43. The van der Waals surface area contributed by atoms with Crippen LogP contribution in [0.2, 0.25) is 0 Å². The van der Waals surface area contributed by atoms with E-state index in [2.05, 4.69) is 36.3 Å². The molecule has 1 aliphatic rings. The summed E-state index contributed by atoms with van der Waals surface area (Å²) in [4.78, 5) is 6.49. The zero-order valence-electron chi connectivity index (χ0n) is 21.1. The first-order chi connectivity index (χ1) is 17.7. The number of oxime groups is 1. The van der Waals surface area contributed by atoms with Crippen LogP contribution in [-0.4, -0.2) is 29.2 Å². The van der Waals surface area contributed by atoms with Crippen LogP contribution < -0.4 is 15.2 Å². The highest BCUT2D eigenvalue weighted by atomic mass is 32.1. The van der Waals surface area contributed by atoms with Crippen molar-refractivity contribution >= 4 is 17.2 Å². The molecule has 36 heavy (non-hydrogen) atoms. The largest absolute Gasteiger partial charge is 0.494 e. The highest BCUT2D eigenvalue weighted by Gasteiger charge is 2.21. The summed E-state index contributed by atoms with van der Waals surface area (Å²) in [6.07, 6.45) is 10.6. The number of amidine groups is 1. The van der Waals surface area contributed by atoms with Gasteiger partial charge >= 0.3 is 0 Å². The Kier molecular flexibility index (Phi) is 9.61. The summed E-state index contributed by atoms with van der Waals surface area (Å²) < 4.78 is 11.7. The first-order valence-electron chi connectivity index (χ1n) is 13.1. The third-order valence-electron chi connectivity index (χ3n) is 6.70. The molecule has 0 spiro atoms. The molecule has 0 unspecified atom stereocenters. The van der Waals surface area contributed by atoms with E-state index in [1.165, 1.54) is 47.6 Å². The van der Waals surface area contributed by atoms with E-state index in [1.807, 2.05) is 23.5 Å². The van der Waals surface area contributed by atoms with Crippen LogP contribution >= 0.6 is 11.3 Å². The Morgan fingerprint density at radius 3 is 2.14 bits per heavy atom. The lowest BCUT2D eigenvalue weighted by atomic mass is 9.90. The molecular formula is C29H37N3O3S. The number of hydrogen-bond acceptors (Lipinski definition) is 6. The number of benzene rings is 2. The molecule has 192 valence electrons. The molecule has 0 saturated heterocycles. The van der Waals surface area contributed by atoms with Crippen LogP contribution in [0.3, 0.4) is 0 Å². The van der Waals surface area contributed by atoms with Crippen molar-refractivity contribution < 1.29 is 14.7 Å². The molecule has 1 heterocycles. The van der Waals surface area contributed by atoms with Gasteiger partial charge in [0.1, 0.15) is 11.5 Å². The van der Waals surface area contributed by atoms with Crippen molar-refractivity contribution in [2.75, 3.05) is 13.2 Å². The van der Waals surface area contributed by atoms with Gasteiger partial charge in [0.05, 0.1) is 23.9 Å². The molecule has 1 saturated carbocycles. The van der Waals surface area contributed by atoms with E-state index >= 15 is 0 Å². The molecule has 3 N–H and O–H groups in total. The van der Waals surface area contributed by atoms with Crippen LogP contribution in [0.4, 0.5) is 0 Å². The van der Waals surface area contributed by atoms with Gasteiger partial charge in [-0.25, -0.2) is 4.98 Å². The van der Waals surface area contributed by atoms with Crippen LogP contribution in [0, 0.1) is 0 Å². The standard InChI is InChI=1S/C29H37N3O3S/c1-2-26-27(31-29(36-26)23-9-5-3-6-10-23)21-11-15-24(16-12-21)34-19-7-4-8-20-35-25-17-13-22(14-18-25)28(30)32-33/h11-18,23,33H,2-10,19-20H2,1H3,(H2,30,32). The number of ether oxygens (including phenoxy) is 2. The topological polar surface area (TPSA) is 90.0 Å². The lowest BCUT2D eigenvalue weighted by Crippen LogP contribution is -2.12. The minimum Gasteiger partial charge on any atom is -0.494 e. The number of nitrogens with zero attached hydrogens (tertiary/aromatic N) is 2. The molecule has 0 atom stereocenters. The quantitative estimate of drug-likeness (QED) is 0.0894. The maximum absolute atomic E-state index is 8.71. The Bertz CT molecular complexity index is 1100. The van der Waals surface area contributed by atoms with E-state index in [4.69, 9.17) is 25.4 Å². The van der Waals surface area contributed by atoms with Crippen LogP contribution in [0.15, 0.2) is 53.7 Å². The number of hydrogen-bond donors (Lipinski definition) is 2. The maximum Gasteiger partial charge on any atom is 0.170 e. The lowest BCUT2D eigenvalue weighted by Gasteiger charge is -2.18. The zero-order chi connectivity index (χ0) is 25.2. The van der Waals surface area contributed by atoms with Crippen molar-refractivity contribution in [3.63, 3.8) is 0 Å². The van der Waals surface area contributed by atoms with E-state index in [0.717, 1.165) is 42.9 Å². The van der Waals surface area contributed by atoms with Gasteiger partial charge in [-0.05, 0) is 87.1 Å². The Morgan fingerprint density at radius 2 is 1.56 bits per heavy atom. The first kappa shape index (κ1) is 26.0. The molecule has 4 rings (SSSR count). The predicted molar refractivity (Wildman–Crippen MR) is 147 cm³/mol. The van der Waals surface area contributed by atoms with Gasteiger partial charge in [0, 0.05) is 21.9 Å². The molecule has 0 bridgehead atoms. The van der Waals surface area contributed by atoms with Crippen molar-refractivity contribution in [3.8, 4) is 22.8 Å². The minimum absolute atomic E-state index is 0.0915. The normalized spacial score (nSPS) is 14.6. The number of nitrogens with two attached hydrogens (primary N) is 1. The number of unbranched alkanes of at least 4 members (excludes halogenated alkanes) is 2. The molecule has 1 fully saturated rings. The third-order valence-corrected chi connectivity index (χ3v) is 8.06. The molecule has 2 aromatic carbocycles. The van der Waals surface area contributed by atoms with Crippen molar-refractivity contribution in [2.24, 2.45) is 10.9 Å². The van der Waals surface area contributed by atoms with Gasteiger partial charge in [0.25, 0.3) is 0 Å². The zero-order valence-corrected chi connectivity index (χ0v) is 21.9. The van der Waals surface area contributed by atoms with Crippen molar-refractivity contribution in [1.82, 2.24) is 4.98 Å². The Morgan fingerprint density at radius 1 is 0.944 bits per heavy atom. The molecule has 1 aliphatic carbocycles. The molecule has 0 amide bonds. The van der Waals surface area contributed by atoms with Crippen molar-refractivity contribution in [3.05, 3.63) is 64.0 Å². The Balaban J connectivity index is 1.18. The second-order valence-electron chi connectivity index (χ2n) is 9.30. The molecule has 7 heteroatoms. The second kappa shape index (κ2) is 13.3. The van der Waals surface area contributed by atoms with Gasteiger partial charge in [-0.2, -0.15) is 0 Å². The van der Waals surface area contributed by atoms with Gasteiger partial charge in [-0.15, -0.1) is 11.3 Å². The monoisotopic (exact) mass is 507 g/mol. The SMILES string of the molecule is CCc1sc(C2CCCCC2)nc1-c1ccc(OCCCCCOc2ccc(/C(N)=N/O)cc2)cc1. The summed E-state index contributed by atoms with van der Waals surface area (Å²) in [5, 5.41) is 13.0. The Hall–Kier alpha value is -3.06. The molecule has 1 aromatic heterocycles. The van der Waals surface area contributed by atoms with E-state index in [0.29, 0.717) is 24.7 Å². The molecule has 0 radical (unpaired) electrons. The highest BCUT2D eigenvalue weighted by molar-refractivity contribution is 7.12. The average molecular weight is 508 g/mol. The first-order valence-corrected chi connectivity index (χ1v) is 13.9. The van der Waals surface area contributed by atoms with Crippen LogP contribution in [0.1, 0.15) is 79.7 Å². The van der Waals surface area contributed by atoms with Crippen molar-refractivity contribution in [1.29, 1.82) is 0 Å². The summed E-state index contributed by atoms with van der Waals surface area (Å²) in [6, 6.07) is 15.6. The fourth-order valence-electron chi connectivity index (χ4n) is 4.61. The smallest absolute Gasteiger partial charge is 0.170 e. The number of thiazole rings is 1. The third kappa shape index (κ3) is 7.00. The van der Waals surface area contributed by atoms with E-state index in [9.17, 15) is 0 Å². The Labute approximate surface area is 218 Å². The molecule has 0 aliphatic heterocycles. The summed E-state index contributed by atoms with van der Waals surface area (Å²) in [6.45, 7) is 3.56. The van der Waals surface area contributed by atoms with Crippen LogP contribution in [0.5, 0.6) is 11.5 Å². The van der Waals surface area contributed by atoms with Gasteiger partial charge in [-0.1, -0.05) is 31.3 Å². The van der Waals surface area contributed by atoms with Gasteiger partial charge in [0.2, 0.25) is 0 Å². The fourth-order valence-corrected chi connectivity index (χ4v) is 5.81. The fraction of sp³-hybridized carbons (Fsp3) is 0.448. The lowest BCUT2D eigenvalue weighted by molar-refractivity contribution is 0.279.